The van der Waals surface area contributed by atoms with Crippen molar-refractivity contribution in [2.45, 2.75) is 30.9 Å². The first-order valence-corrected chi connectivity index (χ1v) is 11.3. The number of aliphatic hydroxyl groups is 1. The van der Waals surface area contributed by atoms with Gasteiger partial charge in [-0.1, -0.05) is 36.4 Å². The van der Waals surface area contributed by atoms with Crippen LogP contribution in [0.4, 0.5) is 0 Å². The number of benzene rings is 2. The lowest BCUT2D eigenvalue weighted by molar-refractivity contribution is -0.143. The Hall–Kier alpha value is -2.57. The minimum Gasteiger partial charge on any atom is -0.454 e. The van der Waals surface area contributed by atoms with Gasteiger partial charge in [-0.25, -0.2) is 0 Å². The summed E-state index contributed by atoms with van der Waals surface area (Å²) in [4.78, 5) is 15.6. The van der Waals surface area contributed by atoms with Gasteiger partial charge in [0.15, 0.2) is 17.1 Å². The largest absolute Gasteiger partial charge is 0.454 e. The van der Waals surface area contributed by atoms with Crippen molar-refractivity contribution < 1.29 is 19.4 Å². The molecule has 1 amide bonds. The zero-order chi connectivity index (χ0) is 21.0. The summed E-state index contributed by atoms with van der Waals surface area (Å²) in [6.07, 6.45) is 2.79. The highest BCUT2D eigenvalue weighted by Gasteiger charge is 2.59. The van der Waals surface area contributed by atoms with Gasteiger partial charge < -0.3 is 24.8 Å². The lowest BCUT2D eigenvalue weighted by Gasteiger charge is -2.28. The van der Waals surface area contributed by atoms with Crippen molar-refractivity contribution in [1.29, 1.82) is 0 Å². The van der Waals surface area contributed by atoms with E-state index in [2.05, 4.69) is 22.3 Å². The Balaban J connectivity index is 1.03. The summed E-state index contributed by atoms with van der Waals surface area (Å²) in [7, 11) is 0. The number of fused-ring (bicyclic) bond motifs is 2. The van der Waals surface area contributed by atoms with Crippen molar-refractivity contribution in [1.82, 2.24) is 10.2 Å². The highest BCUT2D eigenvalue weighted by molar-refractivity contribution is 5.87. The summed E-state index contributed by atoms with van der Waals surface area (Å²) in [6, 6.07) is 15.8. The second-order valence-electron chi connectivity index (χ2n) is 9.43. The Bertz CT molecular complexity index is 980. The van der Waals surface area contributed by atoms with Crippen LogP contribution in [-0.4, -0.2) is 48.4 Å². The Morgan fingerprint density at radius 3 is 2.55 bits per heavy atom. The Morgan fingerprint density at radius 2 is 1.81 bits per heavy atom. The molecule has 0 spiro atoms. The van der Waals surface area contributed by atoms with E-state index in [-0.39, 0.29) is 17.9 Å². The number of likely N-dealkylation sites (tertiary alicyclic amines) is 1. The molecule has 2 aromatic rings. The number of amides is 1. The van der Waals surface area contributed by atoms with Crippen LogP contribution in [0.3, 0.4) is 0 Å². The number of carbonyl (C=O) groups is 1. The maximum atomic E-state index is 13.1. The van der Waals surface area contributed by atoms with Crippen molar-refractivity contribution in [3.05, 3.63) is 59.7 Å². The number of nitrogens with one attached hydrogen (secondary N) is 1. The summed E-state index contributed by atoms with van der Waals surface area (Å²) in [5.74, 6) is 2.48. The normalized spacial score (nSPS) is 28.1. The van der Waals surface area contributed by atoms with Gasteiger partial charge in [-0.15, -0.1) is 0 Å². The smallest absolute Gasteiger partial charge is 0.257 e. The number of hydrogen-bond acceptors (Lipinski definition) is 5. The van der Waals surface area contributed by atoms with Crippen molar-refractivity contribution in [3.63, 3.8) is 0 Å². The van der Waals surface area contributed by atoms with E-state index < -0.39 is 5.60 Å². The molecule has 1 saturated heterocycles. The molecule has 0 bridgehead atoms. The minimum atomic E-state index is -1.39. The maximum Gasteiger partial charge on any atom is 0.257 e. The van der Waals surface area contributed by atoms with E-state index in [1.165, 1.54) is 5.56 Å². The predicted molar refractivity (Wildman–Crippen MR) is 115 cm³/mol. The van der Waals surface area contributed by atoms with Gasteiger partial charge in [0.05, 0.1) is 0 Å². The van der Waals surface area contributed by atoms with Crippen molar-refractivity contribution >= 4 is 5.91 Å². The molecule has 0 radical (unpaired) electrons. The molecule has 4 aliphatic rings. The lowest BCUT2D eigenvalue weighted by Crippen LogP contribution is -2.48. The van der Waals surface area contributed by atoms with Gasteiger partial charge in [-0.2, -0.15) is 0 Å². The molecule has 6 heteroatoms. The molecule has 3 fully saturated rings. The van der Waals surface area contributed by atoms with Crippen LogP contribution in [0, 0.1) is 17.8 Å². The summed E-state index contributed by atoms with van der Waals surface area (Å²) in [5.41, 5.74) is 0.579. The summed E-state index contributed by atoms with van der Waals surface area (Å²) in [5, 5.41) is 14.5. The topological polar surface area (TPSA) is 71.0 Å². The van der Waals surface area contributed by atoms with Crippen molar-refractivity contribution in [2.24, 2.45) is 17.8 Å². The van der Waals surface area contributed by atoms with Gasteiger partial charge in [0.25, 0.3) is 5.91 Å². The Kier molecular flexibility index (Phi) is 4.47. The fourth-order valence-electron chi connectivity index (χ4n) is 5.40. The van der Waals surface area contributed by atoms with Crippen molar-refractivity contribution in [2.75, 3.05) is 26.4 Å². The van der Waals surface area contributed by atoms with E-state index in [0.717, 1.165) is 50.4 Å². The molecule has 162 valence electrons. The van der Waals surface area contributed by atoms with E-state index >= 15 is 0 Å². The zero-order valence-corrected chi connectivity index (χ0v) is 17.5. The molecule has 2 aromatic carbocycles. The summed E-state index contributed by atoms with van der Waals surface area (Å²) in [6.45, 7) is 3.32. The molecule has 2 aliphatic heterocycles. The molecule has 2 aliphatic carbocycles. The highest BCUT2D eigenvalue weighted by atomic mass is 16.7. The van der Waals surface area contributed by atoms with Gasteiger partial charge in [-0.05, 0) is 54.4 Å². The molecular weight excluding hydrogens is 392 g/mol. The average Bonchev–Trinajstić information content (AvgIpc) is 3.64. The van der Waals surface area contributed by atoms with Crippen LogP contribution in [0.15, 0.2) is 48.5 Å². The molecular formula is C25H28N2O4. The molecule has 6 nitrogen and oxygen atoms in total. The van der Waals surface area contributed by atoms with Gasteiger partial charge in [0, 0.05) is 31.6 Å². The number of rotatable bonds is 7. The third kappa shape index (κ3) is 3.38. The standard InChI is InChI=1S/C25H28N2O4/c28-24(25(29,18-7-8-18)17-4-2-1-3-5-17)26-23-19-13-27(14-20(19)23)11-10-16-6-9-21-22(12-16)31-15-30-21/h1-6,9,12,18-20,23,29H,7-8,10-11,13-15H2,(H,26,28)/t19-,20?,23?,25?/m0/s1. The van der Waals surface area contributed by atoms with E-state index in [1.807, 2.05) is 36.4 Å². The van der Waals surface area contributed by atoms with E-state index in [9.17, 15) is 9.90 Å². The first-order chi connectivity index (χ1) is 15.1. The van der Waals surface area contributed by atoms with Crippen molar-refractivity contribution in [3.8, 4) is 11.5 Å². The van der Waals surface area contributed by atoms with Crippen LogP contribution in [0.1, 0.15) is 24.0 Å². The SMILES string of the molecule is O=C(NC1C2CN(CCc3ccc4c(c3)OCO4)C[C@@H]21)C(O)(c1ccccc1)C1CC1. The molecule has 2 N–H and O–H groups in total. The predicted octanol–water partition coefficient (Wildman–Crippen LogP) is 2.30. The highest BCUT2D eigenvalue weighted by Crippen LogP contribution is 2.49. The number of nitrogens with zero attached hydrogens (tertiary/aromatic N) is 1. The first kappa shape index (κ1) is 19.1. The number of hydrogen-bond donors (Lipinski definition) is 2. The molecule has 0 aromatic heterocycles. The molecule has 4 atom stereocenters. The summed E-state index contributed by atoms with van der Waals surface area (Å²) >= 11 is 0. The first-order valence-electron chi connectivity index (χ1n) is 11.3. The van der Waals surface area contributed by atoms with Gasteiger partial charge in [0.1, 0.15) is 0 Å². The molecule has 2 saturated carbocycles. The van der Waals surface area contributed by atoms with Crippen LogP contribution in [0.5, 0.6) is 11.5 Å². The maximum absolute atomic E-state index is 13.1. The molecule has 2 heterocycles. The monoisotopic (exact) mass is 420 g/mol. The van der Waals surface area contributed by atoms with Crippen LogP contribution >= 0.6 is 0 Å². The molecule has 31 heavy (non-hydrogen) atoms. The third-order valence-electron chi connectivity index (χ3n) is 7.45. The van der Waals surface area contributed by atoms with Crippen LogP contribution in [0.2, 0.25) is 0 Å². The zero-order valence-electron chi connectivity index (χ0n) is 17.5. The second-order valence-corrected chi connectivity index (χ2v) is 9.43. The van der Waals surface area contributed by atoms with Crippen LogP contribution < -0.4 is 14.8 Å². The van der Waals surface area contributed by atoms with E-state index in [4.69, 9.17) is 9.47 Å². The number of ether oxygens (including phenoxy) is 2. The third-order valence-corrected chi connectivity index (χ3v) is 7.45. The van der Waals surface area contributed by atoms with Crippen LogP contribution in [-0.2, 0) is 16.8 Å². The fourth-order valence-corrected chi connectivity index (χ4v) is 5.40. The molecule has 3 unspecified atom stereocenters. The minimum absolute atomic E-state index is 0.0340. The Morgan fingerprint density at radius 1 is 1.06 bits per heavy atom. The van der Waals surface area contributed by atoms with E-state index in [0.29, 0.717) is 24.2 Å². The average molecular weight is 421 g/mol. The fraction of sp³-hybridized carbons (Fsp3) is 0.480. The second kappa shape index (κ2) is 7.24. The number of piperidine rings is 1. The lowest BCUT2D eigenvalue weighted by atomic mass is 9.87. The summed E-state index contributed by atoms with van der Waals surface area (Å²) < 4.78 is 10.9. The van der Waals surface area contributed by atoms with E-state index in [1.54, 1.807) is 0 Å². The number of carbonyl (C=O) groups excluding carboxylic acids is 1. The van der Waals surface area contributed by atoms with Gasteiger partial charge in [0.2, 0.25) is 6.79 Å². The van der Waals surface area contributed by atoms with Crippen LogP contribution in [0.25, 0.3) is 0 Å². The van der Waals surface area contributed by atoms with Gasteiger partial charge >= 0.3 is 0 Å². The van der Waals surface area contributed by atoms with Gasteiger partial charge in [-0.3, -0.25) is 4.79 Å². The quantitative estimate of drug-likeness (QED) is 0.719. The molecule has 6 rings (SSSR count). The Labute approximate surface area is 182 Å².